The Morgan fingerprint density at radius 1 is 1.43 bits per heavy atom. The number of nitrogens with zero attached hydrogens (tertiary/aromatic N) is 1. The van der Waals surface area contributed by atoms with E-state index >= 15 is 0 Å². The van der Waals surface area contributed by atoms with Crippen molar-refractivity contribution in [2.24, 2.45) is 0 Å². The molecule has 0 bridgehead atoms. The Morgan fingerprint density at radius 2 is 2.24 bits per heavy atom. The molecule has 6 heteroatoms. The molecule has 1 atom stereocenters. The van der Waals surface area contributed by atoms with Gasteiger partial charge in [-0.3, -0.25) is 4.98 Å². The summed E-state index contributed by atoms with van der Waals surface area (Å²) in [7, 11) is 0. The number of ether oxygens (including phenoxy) is 2. The Hall–Kier alpha value is -2.50. The number of hydrogen-bond donors (Lipinski definition) is 0. The molecule has 1 fully saturated rings. The lowest BCUT2D eigenvalue weighted by Crippen LogP contribution is -2.23. The van der Waals surface area contributed by atoms with Gasteiger partial charge in [0.2, 0.25) is 6.10 Å². The molecule has 108 valence electrons. The monoisotopic (exact) mass is 289 g/mol. The maximum Gasteiger partial charge on any atom is 0.347 e. The molecule has 0 spiro atoms. The second kappa shape index (κ2) is 5.12. The standard InChI is InChI=1S/C15H12FNO4/c1-8-11(14(18)21-13-4-5-20-15(13)19)6-9-2-3-10(16)7-12(9)17-8/h2-3,6-7,13H,4-5H2,1H3/t13-/m1/s1. The molecular weight excluding hydrogens is 277 g/mol. The summed E-state index contributed by atoms with van der Waals surface area (Å²) in [5.41, 5.74) is 1.14. The minimum atomic E-state index is -0.860. The quantitative estimate of drug-likeness (QED) is 0.793. The van der Waals surface area contributed by atoms with Gasteiger partial charge in [-0.25, -0.2) is 14.0 Å². The van der Waals surface area contributed by atoms with E-state index in [9.17, 15) is 14.0 Å². The molecule has 2 heterocycles. The summed E-state index contributed by atoms with van der Waals surface area (Å²) in [5.74, 6) is -1.55. The summed E-state index contributed by atoms with van der Waals surface area (Å²) in [5, 5.41) is 0.628. The van der Waals surface area contributed by atoms with Gasteiger partial charge in [0, 0.05) is 17.9 Å². The Morgan fingerprint density at radius 3 is 2.95 bits per heavy atom. The summed E-state index contributed by atoms with van der Waals surface area (Å²) in [4.78, 5) is 27.6. The molecule has 0 unspecified atom stereocenters. The summed E-state index contributed by atoms with van der Waals surface area (Å²) >= 11 is 0. The van der Waals surface area contributed by atoms with E-state index in [2.05, 4.69) is 4.98 Å². The fourth-order valence-electron chi connectivity index (χ4n) is 2.22. The minimum Gasteiger partial charge on any atom is -0.463 e. The molecule has 0 saturated carbocycles. The zero-order chi connectivity index (χ0) is 15.0. The first-order chi connectivity index (χ1) is 10.0. The number of rotatable bonds is 2. The van der Waals surface area contributed by atoms with Crippen LogP contribution in [0.25, 0.3) is 10.9 Å². The molecule has 5 nitrogen and oxygen atoms in total. The third kappa shape index (κ3) is 2.56. The third-order valence-electron chi connectivity index (χ3n) is 3.33. The smallest absolute Gasteiger partial charge is 0.347 e. The Balaban J connectivity index is 1.92. The van der Waals surface area contributed by atoms with Crippen LogP contribution in [-0.2, 0) is 14.3 Å². The molecule has 1 aromatic carbocycles. The lowest BCUT2D eigenvalue weighted by atomic mass is 10.1. The summed E-state index contributed by atoms with van der Waals surface area (Å²) in [6, 6.07) is 5.71. The first-order valence-corrected chi connectivity index (χ1v) is 6.49. The average molecular weight is 289 g/mol. The summed E-state index contributed by atoms with van der Waals surface area (Å²) in [6.45, 7) is 1.89. The highest BCUT2D eigenvalue weighted by atomic mass is 19.1. The summed E-state index contributed by atoms with van der Waals surface area (Å²) in [6.07, 6.45) is -0.503. The van der Waals surface area contributed by atoms with Crippen molar-refractivity contribution in [2.45, 2.75) is 19.4 Å². The molecule has 1 aliphatic heterocycles. The number of benzene rings is 1. The van der Waals surface area contributed by atoms with E-state index < -0.39 is 23.9 Å². The van der Waals surface area contributed by atoms with Gasteiger partial charge in [0.25, 0.3) is 0 Å². The van der Waals surface area contributed by atoms with Crippen molar-refractivity contribution in [3.8, 4) is 0 Å². The van der Waals surface area contributed by atoms with Crippen molar-refractivity contribution in [1.82, 2.24) is 4.98 Å². The minimum absolute atomic E-state index is 0.255. The number of aryl methyl sites for hydroxylation is 1. The highest BCUT2D eigenvalue weighted by molar-refractivity contribution is 5.96. The number of hydrogen-bond acceptors (Lipinski definition) is 5. The van der Waals surface area contributed by atoms with E-state index in [1.807, 2.05) is 0 Å². The number of fused-ring (bicyclic) bond motifs is 1. The molecule has 0 radical (unpaired) electrons. The van der Waals surface area contributed by atoms with Crippen molar-refractivity contribution < 1.29 is 23.5 Å². The number of carbonyl (C=O) groups excluding carboxylic acids is 2. The molecule has 1 aromatic heterocycles. The molecule has 0 N–H and O–H groups in total. The molecular formula is C15H12FNO4. The predicted octanol–water partition coefficient (Wildman–Crippen LogP) is 2.15. The molecule has 1 saturated heterocycles. The zero-order valence-electron chi connectivity index (χ0n) is 11.3. The Kier molecular flexibility index (Phi) is 3.29. The van der Waals surface area contributed by atoms with Gasteiger partial charge < -0.3 is 9.47 Å². The number of carbonyl (C=O) groups is 2. The van der Waals surface area contributed by atoms with Crippen molar-refractivity contribution in [3.63, 3.8) is 0 Å². The van der Waals surface area contributed by atoms with Gasteiger partial charge in [-0.1, -0.05) is 0 Å². The van der Waals surface area contributed by atoms with Gasteiger partial charge in [-0.05, 0) is 25.1 Å². The van der Waals surface area contributed by atoms with Crippen molar-refractivity contribution in [1.29, 1.82) is 0 Å². The van der Waals surface area contributed by atoms with Crippen LogP contribution in [0.5, 0.6) is 0 Å². The highest BCUT2D eigenvalue weighted by Gasteiger charge is 2.31. The molecule has 0 amide bonds. The molecule has 0 aliphatic carbocycles. The Bertz CT molecular complexity index is 744. The van der Waals surface area contributed by atoms with Crippen LogP contribution >= 0.6 is 0 Å². The first kappa shape index (κ1) is 13.5. The van der Waals surface area contributed by atoms with Crippen LogP contribution in [0.4, 0.5) is 4.39 Å². The fourth-order valence-corrected chi connectivity index (χ4v) is 2.22. The number of aromatic nitrogens is 1. The molecule has 3 rings (SSSR count). The fraction of sp³-hybridized carbons (Fsp3) is 0.267. The molecule has 2 aromatic rings. The van der Waals surface area contributed by atoms with Gasteiger partial charge in [0.05, 0.1) is 23.4 Å². The Labute approximate surface area is 119 Å². The second-order valence-corrected chi connectivity index (χ2v) is 4.81. The highest BCUT2D eigenvalue weighted by Crippen LogP contribution is 2.20. The third-order valence-corrected chi connectivity index (χ3v) is 3.33. The lowest BCUT2D eigenvalue weighted by Gasteiger charge is -2.10. The van der Waals surface area contributed by atoms with Crippen LogP contribution in [0.3, 0.4) is 0 Å². The maximum atomic E-state index is 13.2. The number of esters is 2. The van der Waals surface area contributed by atoms with Crippen LogP contribution < -0.4 is 0 Å². The van der Waals surface area contributed by atoms with Gasteiger partial charge in [0.15, 0.2) is 0 Å². The first-order valence-electron chi connectivity index (χ1n) is 6.49. The van der Waals surface area contributed by atoms with Crippen LogP contribution in [0.15, 0.2) is 24.3 Å². The van der Waals surface area contributed by atoms with Crippen LogP contribution in [0.1, 0.15) is 22.5 Å². The topological polar surface area (TPSA) is 65.5 Å². The van der Waals surface area contributed by atoms with E-state index in [4.69, 9.17) is 9.47 Å². The summed E-state index contributed by atoms with van der Waals surface area (Å²) < 4.78 is 23.0. The number of pyridine rings is 1. The van der Waals surface area contributed by atoms with Crippen molar-refractivity contribution in [3.05, 3.63) is 41.3 Å². The van der Waals surface area contributed by atoms with Gasteiger partial charge >= 0.3 is 11.9 Å². The van der Waals surface area contributed by atoms with Crippen LogP contribution in [0.2, 0.25) is 0 Å². The zero-order valence-corrected chi connectivity index (χ0v) is 11.3. The van der Waals surface area contributed by atoms with Gasteiger partial charge in [0.1, 0.15) is 5.82 Å². The van der Waals surface area contributed by atoms with E-state index in [1.54, 1.807) is 13.0 Å². The van der Waals surface area contributed by atoms with E-state index in [-0.39, 0.29) is 12.2 Å². The number of cyclic esters (lactones) is 1. The molecule has 21 heavy (non-hydrogen) atoms. The average Bonchev–Trinajstić information content (AvgIpc) is 2.83. The maximum absolute atomic E-state index is 13.2. The SMILES string of the molecule is Cc1nc2cc(F)ccc2cc1C(=O)O[C@@H]1CCOC1=O. The van der Waals surface area contributed by atoms with E-state index in [1.165, 1.54) is 18.2 Å². The second-order valence-electron chi connectivity index (χ2n) is 4.81. The van der Waals surface area contributed by atoms with Crippen molar-refractivity contribution in [2.75, 3.05) is 6.61 Å². The van der Waals surface area contributed by atoms with E-state index in [0.29, 0.717) is 23.0 Å². The van der Waals surface area contributed by atoms with Gasteiger partial charge in [-0.2, -0.15) is 0 Å². The molecule has 1 aliphatic rings. The van der Waals surface area contributed by atoms with Crippen LogP contribution in [0, 0.1) is 12.7 Å². The van der Waals surface area contributed by atoms with Crippen molar-refractivity contribution >= 4 is 22.8 Å². The largest absolute Gasteiger partial charge is 0.463 e. The van der Waals surface area contributed by atoms with Crippen LogP contribution in [-0.4, -0.2) is 29.6 Å². The predicted molar refractivity (Wildman–Crippen MR) is 71.2 cm³/mol. The lowest BCUT2D eigenvalue weighted by molar-refractivity contribution is -0.145. The van der Waals surface area contributed by atoms with Gasteiger partial charge in [-0.15, -0.1) is 0 Å². The van der Waals surface area contributed by atoms with E-state index in [0.717, 1.165) is 0 Å². The number of halogens is 1. The normalized spacial score (nSPS) is 17.8.